The first-order chi connectivity index (χ1) is 14.2. The molecule has 1 aliphatic rings. The Bertz CT molecular complexity index is 973. The average Bonchev–Trinajstić information content (AvgIpc) is 3.29. The van der Waals surface area contributed by atoms with E-state index in [1.165, 1.54) is 40.4 Å². The van der Waals surface area contributed by atoms with E-state index in [2.05, 4.69) is 76.9 Å². The summed E-state index contributed by atoms with van der Waals surface area (Å²) in [5.41, 5.74) is 3.74. The molecule has 0 radical (unpaired) electrons. The van der Waals surface area contributed by atoms with Crippen molar-refractivity contribution in [2.45, 2.75) is 25.8 Å². The maximum Gasteiger partial charge on any atom is 0.317 e. The summed E-state index contributed by atoms with van der Waals surface area (Å²) in [6, 6.07) is 23.2. The van der Waals surface area contributed by atoms with Gasteiger partial charge in [0.1, 0.15) is 0 Å². The lowest BCUT2D eigenvalue weighted by molar-refractivity contribution is 0.207. The molecule has 29 heavy (non-hydrogen) atoms. The monoisotopic (exact) mass is 387 g/mol. The highest BCUT2D eigenvalue weighted by atomic mass is 16.2. The number of benzene rings is 3. The molecule has 1 heterocycles. The molecule has 0 unspecified atom stereocenters. The topological polar surface area (TPSA) is 35.6 Å². The Morgan fingerprint density at radius 2 is 1.62 bits per heavy atom. The van der Waals surface area contributed by atoms with E-state index in [1.807, 2.05) is 7.05 Å². The number of nitrogens with one attached hydrogen (secondary N) is 1. The van der Waals surface area contributed by atoms with Crippen LogP contribution >= 0.6 is 0 Å². The Balaban J connectivity index is 1.34. The third kappa shape index (κ3) is 4.53. The van der Waals surface area contributed by atoms with Crippen molar-refractivity contribution in [3.05, 3.63) is 77.9 Å². The van der Waals surface area contributed by atoms with Gasteiger partial charge >= 0.3 is 6.03 Å². The van der Waals surface area contributed by atoms with Crippen molar-refractivity contribution in [1.82, 2.24) is 10.2 Å². The average molecular weight is 388 g/mol. The summed E-state index contributed by atoms with van der Waals surface area (Å²) in [5, 5.41) is 5.58. The van der Waals surface area contributed by atoms with Gasteiger partial charge in [-0.3, -0.25) is 0 Å². The molecule has 0 bridgehead atoms. The van der Waals surface area contributed by atoms with Gasteiger partial charge in [0.05, 0.1) is 0 Å². The van der Waals surface area contributed by atoms with E-state index in [4.69, 9.17) is 0 Å². The molecule has 4 heteroatoms. The molecule has 4 nitrogen and oxygen atoms in total. The van der Waals surface area contributed by atoms with Crippen LogP contribution in [0.3, 0.4) is 0 Å². The zero-order valence-corrected chi connectivity index (χ0v) is 17.1. The second kappa shape index (κ2) is 8.99. The molecule has 3 aromatic rings. The number of carbonyl (C=O) groups is 1. The fourth-order valence-electron chi connectivity index (χ4n) is 4.19. The van der Waals surface area contributed by atoms with E-state index in [1.54, 1.807) is 4.90 Å². The Hall–Kier alpha value is -3.01. The lowest BCUT2D eigenvalue weighted by atomic mass is 10.0. The molecule has 0 atom stereocenters. The van der Waals surface area contributed by atoms with Gasteiger partial charge in [0.25, 0.3) is 0 Å². The van der Waals surface area contributed by atoms with Crippen LogP contribution in [-0.4, -0.2) is 37.6 Å². The van der Waals surface area contributed by atoms with Crippen LogP contribution < -0.4 is 10.2 Å². The number of nitrogens with zero attached hydrogens (tertiary/aromatic N) is 2. The van der Waals surface area contributed by atoms with Gasteiger partial charge in [-0.05, 0) is 47.2 Å². The van der Waals surface area contributed by atoms with Gasteiger partial charge in [-0.1, -0.05) is 60.7 Å². The van der Waals surface area contributed by atoms with Crippen molar-refractivity contribution in [3.63, 3.8) is 0 Å². The molecule has 3 aromatic carbocycles. The summed E-state index contributed by atoms with van der Waals surface area (Å²) in [4.78, 5) is 16.8. The molecule has 1 aliphatic heterocycles. The molecule has 0 aliphatic carbocycles. The Morgan fingerprint density at radius 1 is 0.931 bits per heavy atom. The fourth-order valence-corrected chi connectivity index (χ4v) is 4.19. The minimum absolute atomic E-state index is 0.0264. The molecular formula is C25H29N3O. The van der Waals surface area contributed by atoms with Crippen LogP contribution in [-0.2, 0) is 13.0 Å². The van der Waals surface area contributed by atoms with Crippen LogP contribution in [0.5, 0.6) is 0 Å². The van der Waals surface area contributed by atoms with Gasteiger partial charge in [-0.25, -0.2) is 4.79 Å². The van der Waals surface area contributed by atoms with Gasteiger partial charge in [0, 0.05) is 38.9 Å². The number of anilines is 1. The predicted octanol–water partition coefficient (Wildman–Crippen LogP) is 4.82. The second-order valence-corrected chi connectivity index (χ2v) is 7.80. The Labute approximate surface area is 173 Å². The Kier molecular flexibility index (Phi) is 5.99. The summed E-state index contributed by atoms with van der Waals surface area (Å²) in [7, 11) is 1.87. The quantitative estimate of drug-likeness (QED) is 0.658. The Morgan fingerprint density at radius 3 is 2.48 bits per heavy atom. The van der Waals surface area contributed by atoms with Crippen LogP contribution in [0.15, 0.2) is 66.7 Å². The van der Waals surface area contributed by atoms with E-state index in [9.17, 15) is 4.79 Å². The normalized spacial score (nSPS) is 13.6. The molecule has 1 N–H and O–H groups in total. The summed E-state index contributed by atoms with van der Waals surface area (Å²) in [5.74, 6) is 0. The number of rotatable bonds is 6. The maximum atomic E-state index is 12.6. The van der Waals surface area contributed by atoms with E-state index in [0.717, 1.165) is 19.5 Å². The van der Waals surface area contributed by atoms with Crippen molar-refractivity contribution in [1.29, 1.82) is 0 Å². The SMILES string of the molecule is CN(Cc1ccccc1N1CCCC1)C(=O)NCCc1cccc2ccccc12. The first-order valence-corrected chi connectivity index (χ1v) is 10.5. The van der Waals surface area contributed by atoms with Crippen LogP contribution in [0, 0.1) is 0 Å². The van der Waals surface area contributed by atoms with Crippen molar-refractivity contribution < 1.29 is 4.79 Å². The number of para-hydroxylation sites is 1. The van der Waals surface area contributed by atoms with Crippen molar-refractivity contribution in [2.24, 2.45) is 0 Å². The van der Waals surface area contributed by atoms with Crippen molar-refractivity contribution in [2.75, 3.05) is 31.6 Å². The molecule has 0 spiro atoms. The molecule has 1 saturated heterocycles. The first kappa shape index (κ1) is 19.3. The molecule has 2 amide bonds. The number of urea groups is 1. The van der Waals surface area contributed by atoms with Crippen LogP contribution in [0.25, 0.3) is 10.8 Å². The lowest BCUT2D eigenvalue weighted by Crippen LogP contribution is -2.38. The zero-order valence-electron chi connectivity index (χ0n) is 17.1. The minimum atomic E-state index is -0.0264. The van der Waals surface area contributed by atoms with E-state index >= 15 is 0 Å². The number of carbonyl (C=O) groups excluding carboxylic acids is 1. The smallest absolute Gasteiger partial charge is 0.317 e. The van der Waals surface area contributed by atoms with E-state index in [-0.39, 0.29) is 6.03 Å². The van der Waals surface area contributed by atoms with Gasteiger partial charge in [-0.2, -0.15) is 0 Å². The van der Waals surface area contributed by atoms with Crippen LogP contribution in [0.1, 0.15) is 24.0 Å². The number of hydrogen-bond donors (Lipinski definition) is 1. The van der Waals surface area contributed by atoms with E-state index < -0.39 is 0 Å². The van der Waals surface area contributed by atoms with E-state index in [0.29, 0.717) is 13.1 Å². The zero-order chi connectivity index (χ0) is 20.1. The summed E-state index contributed by atoms with van der Waals surface area (Å²) >= 11 is 0. The summed E-state index contributed by atoms with van der Waals surface area (Å²) in [6.45, 7) is 3.47. The molecular weight excluding hydrogens is 358 g/mol. The summed E-state index contributed by atoms with van der Waals surface area (Å²) in [6.07, 6.45) is 3.32. The minimum Gasteiger partial charge on any atom is -0.371 e. The van der Waals surface area contributed by atoms with Crippen LogP contribution in [0.2, 0.25) is 0 Å². The third-order valence-electron chi connectivity index (χ3n) is 5.74. The fraction of sp³-hybridized carbons (Fsp3) is 0.320. The maximum absolute atomic E-state index is 12.6. The number of amides is 2. The highest BCUT2D eigenvalue weighted by Gasteiger charge is 2.17. The number of fused-ring (bicyclic) bond motifs is 1. The third-order valence-corrected chi connectivity index (χ3v) is 5.74. The predicted molar refractivity (Wildman–Crippen MR) is 120 cm³/mol. The van der Waals surface area contributed by atoms with Gasteiger partial charge in [-0.15, -0.1) is 0 Å². The van der Waals surface area contributed by atoms with Gasteiger partial charge in [0.15, 0.2) is 0 Å². The highest BCUT2D eigenvalue weighted by Crippen LogP contribution is 2.25. The summed E-state index contributed by atoms with van der Waals surface area (Å²) < 4.78 is 0. The molecule has 0 saturated carbocycles. The van der Waals surface area contributed by atoms with Crippen molar-refractivity contribution >= 4 is 22.5 Å². The lowest BCUT2D eigenvalue weighted by Gasteiger charge is -2.24. The molecule has 1 fully saturated rings. The van der Waals surface area contributed by atoms with Gasteiger partial charge < -0.3 is 15.1 Å². The highest BCUT2D eigenvalue weighted by molar-refractivity contribution is 5.85. The number of hydrogen-bond acceptors (Lipinski definition) is 2. The van der Waals surface area contributed by atoms with Crippen molar-refractivity contribution in [3.8, 4) is 0 Å². The standard InChI is InChI=1S/C25H29N3O/c1-27(19-22-10-3-5-14-24(22)28-17-6-7-18-28)25(29)26-16-15-21-12-8-11-20-9-2-4-13-23(20)21/h2-5,8-14H,6-7,15-19H2,1H3,(H,26,29). The second-order valence-electron chi connectivity index (χ2n) is 7.80. The largest absolute Gasteiger partial charge is 0.371 e. The molecule has 4 rings (SSSR count). The van der Waals surface area contributed by atoms with Crippen LogP contribution in [0.4, 0.5) is 10.5 Å². The first-order valence-electron chi connectivity index (χ1n) is 10.5. The molecule has 0 aromatic heterocycles. The molecule has 150 valence electrons. The van der Waals surface area contributed by atoms with Gasteiger partial charge in [0.2, 0.25) is 0 Å².